The van der Waals surface area contributed by atoms with Crippen LogP contribution in [0.15, 0.2) is 53.1 Å². The van der Waals surface area contributed by atoms with Gasteiger partial charge < -0.3 is 4.74 Å². The zero-order valence-corrected chi connectivity index (χ0v) is 18.8. The molecule has 0 saturated heterocycles. The van der Waals surface area contributed by atoms with Gasteiger partial charge in [-0.25, -0.2) is 19.6 Å². The number of pyridine rings is 1. The maximum atomic E-state index is 13.5. The Morgan fingerprint density at radius 1 is 1.23 bits per heavy atom. The summed E-state index contributed by atoms with van der Waals surface area (Å²) in [5.74, 6) is -0.480. The third-order valence-corrected chi connectivity index (χ3v) is 5.25. The van der Waals surface area contributed by atoms with Crippen LogP contribution in [0.2, 0.25) is 5.02 Å². The van der Waals surface area contributed by atoms with Crippen LogP contribution in [0.5, 0.6) is 0 Å². The van der Waals surface area contributed by atoms with Crippen molar-refractivity contribution in [1.82, 2.24) is 15.4 Å². The van der Waals surface area contributed by atoms with Gasteiger partial charge in [0.1, 0.15) is 18.2 Å². The first-order valence-electron chi connectivity index (χ1n) is 9.27. The van der Waals surface area contributed by atoms with Crippen molar-refractivity contribution in [1.29, 1.82) is 0 Å². The number of nitrogens with zero attached hydrogens (tertiary/aromatic N) is 2. The maximum Gasteiger partial charge on any atom is 0.412 e. The quantitative estimate of drug-likeness (QED) is 0.443. The predicted octanol–water partition coefficient (Wildman–Crippen LogP) is 4.89. The molecule has 7 nitrogen and oxygen atoms in total. The second-order valence-electron chi connectivity index (χ2n) is 6.54. The number of fused-ring (bicyclic) bond motifs is 1. The lowest BCUT2D eigenvalue weighted by Crippen LogP contribution is -2.43. The molecule has 0 fully saturated rings. The molecule has 3 rings (SSSR count). The SMILES string of the molecule is CC(=O)N(CCOC(=O)Nc1cc2ccc(Br)cc2cn1)NCc1cccc(F)c1Cl. The lowest BCUT2D eigenvalue weighted by atomic mass is 10.2. The summed E-state index contributed by atoms with van der Waals surface area (Å²) in [4.78, 5) is 28.1. The van der Waals surface area contributed by atoms with Gasteiger partial charge in [-0.2, -0.15) is 0 Å². The van der Waals surface area contributed by atoms with E-state index in [1.54, 1.807) is 18.3 Å². The van der Waals surface area contributed by atoms with Gasteiger partial charge in [-0.05, 0) is 35.2 Å². The highest BCUT2D eigenvalue weighted by Crippen LogP contribution is 2.21. The average molecular weight is 510 g/mol. The van der Waals surface area contributed by atoms with E-state index in [4.69, 9.17) is 16.3 Å². The highest BCUT2D eigenvalue weighted by Gasteiger charge is 2.12. The molecule has 1 heterocycles. The van der Waals surface area contributed by atoms with Gasteiger partial charge in [0.25, 0.3) is 0 Å². The van der Waals surface area contributed by atoms with Gasteiger partial charge in [0.05, 0.1) is 11.6 Å². The fourth-order valence-corrected chi connectivity index (χ4v) is 3.34. The molecular formula is C21H19BrClFN4O3. The molecular weight excluding hydrogens is 491 g/mol. The fraction of sp³-hybridized carbons (Fsp3) is 0.190. The van der Waals surface area contributed by atoms with E-state index in [1.165, 1.54) is 24.1 Å². The summed E-state index contributed by atoms with van der Waals surface area (Å²) in [7, 11) is 0. The number of hydrogen-bond donors (Lipinski definition) is 2. The van der Waals surface area contributed by atoms with E-state index in [-0.39, 0.29) is 30.6 Å². The first-order valence-corrected chi connectivity index (χ1v) is 10.4. The summed E-state index contributed by atoms with van der Waals surface area (Å²) in [5.41, 5.74) is 3.36. The summed E-state index contributed by atoms with van der Waals surface area (Å²) >= 11 is 9.32. The third kappa shape index (κ3) is 6.36. The van der Waals surface area contributed by atoms with Crippen molar-refractivity contribution in [3.63, 3.8) is 0 Å². The Labute approximate surface area is 191 Å². The molecule has 0 atom stereocenters. The topological polar surface area (TPSA) is 83.6 Å². The summed E-state index contributed by atoms with van der Waals surface area (Å²) in [5, 5.41) is 5.65. The summed E-state index contributed by atoms with van der Waals surface area (Å²) in [6, 6.07) is 11.9. The molecule has 2 N–H and O–H groups in total. The highest BCUT2D eigenvalue weighted by atomic mass is 79.9. The third-order valence-electron chi connectivity index (χ3n) is 4.33. The molecule has 2 aromatic carbocycles. The lowest BCUT2D eigenvalue weighted by Gasteiger charge is -2.22. The number of rotatable bonds is 7. The minimum absolute atomic E-state index is 0.00984. The van der Waals surface area contributed by atoms with E-state index in [9.17, 15) is 14.0 Å². The lowest BCUT2D eigenvalue weighted by molar-refractivity contribution is -0.132. The number of amides is 2. The smallest absolute Gasteiger partial charge is 0.412 e. The van der Waals surface area contributed by atoms with E-state index >= 15 is 0 Å². The zero-order chi connectivity index (χ0) is 22.4. The number of benzene rings is 2. The number of nitrogens with one attached hydrogen (secondary N) is 2. The fourth-order valence-electron chi connectivity index (χ4n) is 2.76. The molecule has 0 aliphatic heterocycles. The summed E-state index contributed by atoms with van der Waals surface area (Å²) < 4.78 is 19.6. The van der Waals surface area contributed by atoms with Gasteiger partial charge in [-0.1, -0.05) is 45.7 Å². The number of hydrogen-bond acceptors (Lipinski definition) is 5. The molecule has 0 aliphatic rings. The first-order chi connectivity index (χ1) is 14.8. The maximum absolute atomic E-state index is 13.5. The molecule has 0 bridgehead atoms. The van der Waals surface area contributed by atoms with Gasteiger partial charge in [0.15, 0.2) is 0 Å². The Morgan fingerprint density at radius 2 is 2.03 bits per heavy atom. The van der Waals surface area contributed by atoms with E-state index in [2.05, 4.69) is 31.7 Å². The van der Waals surface area contributed by atoms with Crippen molar-refractivity contribution in [2.45, 2.75) is 13.5 Å². The van der Waals surface area contributed by atoms with E-state index < -0.39 is 11.9 Å². The molecule has 3 aromatic rings. The van der Waals surface area contributed by atoms with Gasteiger partial charge >= 0.3 is 6.09 Å². The molecule has 0 saturated carbocycles. The van der Waals surface area contributed by atoms with Gasteiger partial charge in [0, 0.05) is 29.5 Å². The van der Waals surface area contributed by atoms with Crippen LogP contribution in [0, 0.1) is 5.82 Å². The number of carbonyl (C=O) groups is 2. The normalized spacial score (nSPS) is 10.7. The summed E-state index contributed by atoms with van der Waals surface area (Å²) in [6.45, 7) is 1.53. The number of hydrazine groups is 1. The van der Waals surface area contributed by atoms with Crippen molar-refractivity contribution in [3.8, 4) is 0 Å². The van der Waals surface area contributed by atoms with Crippen LogP contribution in [0.3, 0.4) is 0 Å². The van der Waals surface area contributed by atoms with E-state index in [1.807, 2.05) is 18.2 Å². The van der Waals surface area contributed by atoms with Gasteiger partial charge in [-0.15, -0.1) is 0 Å². The monoisotopic (exact) mass is 508 g/mol. The largest absolute Gasteiger partial charge is 0.447 e. The molecule has 31 heavy (non-hydrogen) atoms. The van der Waals surface area contributed by atoms with Crippen molar-refractivity contribution in [3.05, 3.63) is 69.5 Å². The number of carbonyl (C=O) groups excluding carboxylic acids is 2. The number of halogens is 3. The molecule has 0 radical (unpaired) electrons. The first kappa shape index (κ1) is 22.9. The molecule has 162 valence electrons. The molecule has 0 unspecified atom stereocenters. The number of ether oxygens (including phenoxy) is 1. The highest BCUT2D eigenvalue weighted by molar-refractivity contribution is 9.10. The van der Waals surface area contributed by atoms with Crippen LogP contribution in [-0.2, 0) is 16.1 Å². The second-order valence-corrected chi connectivity index (χ2v) is 7.83. The zero-order valence-electron chi connectivity index (χ0n) is 16.5. The van der Waals surface area contributed by atoms with Crippen LogP contribution in [0.1, 0.15) is 12.5 Å². The second kappa shape index (κ2) is 10.5. The number of anilines is 1. The Bertz CT molecular complexity index is 1120. The molecule has 0 aliphatic carbocycles. The van der Waals surface area contributed by atoms with Crippen LogP contribution in [-0.4, -0.2) is 35.1 Å². The predicted molar refractivity (Wildman–Crippen MR) is 120 cm³/mol. The van der Waals surface area contributed by atoms with E-state index in [0.29, 0.717) is 11.4 Å². The Kier molecular flexibility index (Phi) is 7.78. The van der Waals surface area contributed by atoms with Crippen LogP contribution in [0.25, 0.3) is 10.8 Å². The van der Waals surface area contributed by atoms with Crippen molar-refractivity contribution in [2.75, 3.05) is 18.5 Å². The van der Waals surface area contributed by atoms with Crippen molar-refractivity contribution in [2.24, 2.45) is 0 Å². The standard InChI is InChI=1S/C21H19BrClFN4O3/c1-13(29)28(26-12-15-3-2-4-18(24)20(15)23)7-8-31-21(30)27-19-10-14-5-6-17(22)9-16(14)11-25-19/h2-6,9-11,26H,7-8,12H2,1H3,(H,25,27,30). The van der Waals surface area contributed by atoms with E-state index in [0.717, 1.165) is 15.2 Å². The Balaban J connectivity index is 1.50. The van der Waals surface area contributed by atoms with Gasteiger partial charge in [0.2, 0.25) is 5.91 Å². The van der Waals surface area contributed by atoms with Crippen LogP contribution >= 0.6 is 27.5 Å². The molecule has 1 aromatic heterocycles. The van der Waals surface area contributed by atoms with Gasteiger partial charge in [-0.3, -0.25) is 15.1 Å². The average Bonchev–Trinajstić information content (AvgIpc) is 2.73. The van der Waals surface area contributed by atoms with Crippen LogP contribution < -0.4 is 10.7 Å². The molecule has 10 heteroatoms. The van der Waals surface area contributed by atoms with Crippen molar-refractivity contribution >= 4 is 56.1 Å². The Hall–Kier alpha value is -2.75. The molecule has 0 spiro atoms. The minimum Gasteiger partial charge on any atom is -0.447 e. The van der Waals surface area contributed by atoms with Crippen LogP contribution in [0.4, 0.5) is 15.0 Å². The number of aromatic nitrogens is 1. The summed E-state index contributed by atoms with van der Waals surface area (Å²) in [6.07, 6.45) is 0.954. The van der Waals surface area contributed by atoms with Crippen molar-refractivity contribution < 1.29 is 18.7 Å². The minimum atomic E-state index is -0.694. The Morgan fingerprint density at radius 3 is 2.81 bits per heavy atom. The molecule has 2 amide bonds.